The lowest BCUT2D eigenvalue weighted by Crippen LogP contribution is -2.33. The summed E-state index contributed by atoms with van der Waals surface area (Å²) < 4.78 is 18.7. The van der Waals surface area contributed by atoms with E-state index in [1.807, 2.05) is 24.3 Å². The van der Waals surface area contributed by atoms with E-state index in [2.05, 4.69) is 5.32 Å². The molecule has 2 N–H and O–H groups in total. The molecule has 0 fully saturated rings. The summed E-state index contributed by atoms with van der Waals surface area (Å²) in [6.07, 6.45) is 0.626. The molecule has 6 heteroatoms. The summed E-state index contributed by atoms with van der Waals surface area (Å²) in [4.78, 5) is 23.8. The van der Waals surface area contributed by atoms with Crippen molar-refractivity contribution in [1.29, 1.82) is 0 Å². The number of carbonyl (C=O) groups excluding carboxylic acids is 1. The molecule has 0 aliphatic carbocycles. The molecule has 1 amide bonds. The smallest absolute Gasteiger partial charge is 0.312 e. The number of halogens is 1. The predicted molar refractivity (Wildman–Crippen MR) is 93.2 cm³/mol. The molecule has 0 saturated heterocycles. The second kappa shape index (κ2) is 8.10. The predicted octanol–water partition coefficient (Wildman–Crippen LogP) is 2.81. The molecule has 2 atom stereocenters. The zero-order chi connectivity index (χ0) is 18.5. The SMILES string of the molecule is O=C(CC1OCCc2ccccc21)NCC(C(=O)O)c1ccc(F)cc1. The molecule has 2 unspecified atom stereocenters. The molecule has 0 aromatic heterocycles. The van der Waals surface area contributed by atoms with Gasteiger partial charge in [0.05, 0.1) is 25.0 Å². The molecular weight excluding hydrogens is 337 g/mol. The Bertz CT molecular complexity index is 791. The number of nitrogens with one attached hydrogen (secondary N) is 1. The number of ether oxygens (including phenoxy) is 1. The first kappa shape index (κ1) is 18.1. The fourth-order valence-electron chi connectivity index (χ4n) is 3.15. The van der Waals surface area contributed by atoms with E-state index in [1.54, 1.807) is 0 Å². The Labute approximate surface area is 150 Å². The van der Waals surface area contributed by atoms with Gasteiger partial charge in [-0.3, -0.25) is 9.59 Å². The first-order valence-electron chi connectivity index (χ1n) is 8.49. The van der Waals surface area contributed by atoms with Crippen LogP contribution in [0, 0.1) is 5.82 Å². The molecule has 1 aliphatic rings. The van der Waals surface area contributed by atoms with Crippen molar-refractivity contribution in [1.82, 2.24) is 5.32 Å². The number of rotatable bonds is 6. The van der Waals surface area contributed by atoms with Gasteiger partial charge in [0.2, 0.25) is 5.91 Å². The van der Waals surface area contributed by atoms with Crippen LogP contribution in [0.1, 0.15) is 35.1 Å². The molecule has 0 spiro atoms. The maximum atomic E-state index is 13.0. The summed E-state index contributed by atoms with van der Waals surface area (Å²) in [6, 6.07) is 13.1. The van der Waals surface area contributed by atoms with Crippen LogP contribution in [0.3, 0.4) is 0 Å². The van der Waals surface area contributed by atoms with Crippen molar-refractivity contribution in [3.05, 3.63) is 71.0 Å². The largest absolute Gasteiger partial charge is 0.481 e. The van der Waals surface area contributed by atoms with Crippen LogP contribution in [0.25, 0.3) is 0 Å². The minimum absolute atomic E-state index is 0.0613. The molecule has 5 nitrogen and oxygen atoms in total. The third-order valence-corrected chi connectivity index (χ3v) is 4.54. The molecule has 1 heterocycles. The van der Waals surface area contributed by atoms with Gasteiger partial charge in [-0.15, -0.1) is 0 Å². The van der Waals surface area contributed by atoms with Crippen LogP contribution in [0.2, 0.25) is 0 Å². The lowest BCUT2D eigenvalue weighted by Gasteiger charge is -2.25. The Morgan fingerprint density at radius 1 is 1.19 bits per heavy atom. The van der Waals surface area contributed by atoms with Gasteiger partial charge in [-0.25, -0.2) is 4.39 Å². The summed E-state index contributed by atoms with van der Waals surface area (Å²) in [5.74, 6) is -2.72. The molecule has 1 aliphatic heterocycles. The fraction of sp³-hybridized carbons (Fsp3) is 0.300. The zero-order valence-corrected chi connectivity index (χ0v) is 14.2. The molecule has 0 saturated carbocycles. The van der Waals surface area contributed by atoms with Crippen molar-refractivity contribution in [3.8, 4) is 0 Å². The summed E-state index contributed by atoms with van der Waals surface area (Å²) in [6.45, 7) is 0.496. The quantitative estimate of drug-likeness (QED) is 0.834. The van der Waals surface area contributed by atoms with Gasteiger partial charge in [0.1, 0.15) is 5.82 Å². The van der Waals surface area contributed by atoms with Gasteiger partial charge in [-0.1, -0.05) is 36.4 Å². The van der Waals surface area contributed by atoms with Crippen molar-refractivity contribution in [2.45, 2.75) is 24.9 Å². The summed E-state index contributed by atoms with van der Waals surface area (Å²) >= 11 is 0. The van der Waals surface area contributed by atoms with Crippen LogP contribution in [0.5, 0.6) is 0 Å². The van der Waals surface area contributed by atoms with Crippen molar-refractivity contribution in [2.24, 2.45) is 0 Å². The van der Waals surface area contributed by atoms with Crippen LogP contribution in [0.4, 0.5) is 4.39 Å². The van der Waals surface area contributed by atoms with E-state index in [0.717, 1.165) is 12.0 Å². The minimum Gasteiger partial charge on any atom is -0.481 e. The van der Waals surface area contributed by atoms with E-state index in [0.29, 0.717) is 12.2 Å². The lowest BCUT2D eigenvalue weighted by molar-refractivity contribution is -0.138. The number of fused-ring (bicyclic) bond motifs is 1. The molecule has 2 aromatic carbocycles. The van der Waals surface area contributed by atoms with E-state index >= 15 is 0 Å². The first-order valence-corrected chi connectivity index (χ1v) is 8.49. The highest BCUT2D eigenvalue weighted by Crippen LogP contribution is 2.29. The minimum atomic E-state index is -1.07. The van der Waals surface area contributed by atoms with E-state index in [9.17, 15) is 19.1 Å². The van der Waals surface area contributed by atoms with E-state index in [4.69, 9.17) is 4.74 Å². The topological polar surface area (TPSA) is 75.6 Å². The van der Waals surface area contributed by atoms with Gasteiger partial charge in [0.15, 0.2) is 0 Å². The summed E-state index contributed by atoms with van der Waals surface area (Å²) in [5.41, 5.74) is 2.62. The van der Waals surface area contributed by atoms with Crippen LogP contribution >= 0.6 is 0 Å². The molecule has 2 aromatic rings. The monoisotopic (exact) mass is 357 g/mol. The van der Waals surface area contributed by atoms with E-state index in [1.165, 1.54) is 29.8 Å². The Morgan fingerprint density at radius 2 is 1.92 bits per heavy atom. The maximum Gasteiger partial charge on any atom is 0.312 e. The number of hydrogen-bond donors (Lipinski definition) is 2. The number of carbonyl (C=O) groups is 2. The van der Waals surface area contributed by atoms with Gasteiger partial charge in [-0.05, 0) is 35.2 Å². The number of amides is 1. The highest BCUT2D eigenvalue weighted by atomic mass is 19.1. The van der Waals surface area contributed by atoms with Crippen LogP contribution in [-0.2, 0) is 20.7 Å². The van der Waals surface area contributed by atoms with Gasteiger partial charge in [0.25, 0.3) is 0 Å². The molecule has 3 rings (SSSR count). The fourth-order valence-corrected chi connectivity index (χ4v) is 3.15. The second-order valence-corrected chi connectivity index (χ2v) is 6.26. The van der Waals surface area contributed by atoms with Gasteiger partial charge < -0.3 is 15.2 Å². The zero-order valence-electron chi connectivity index (χ0n) is 14.2. The average molecular weight is 357 g/mol. The average Bonchev–Trinajstić information content (AvgIpc) is 2.63. The second-order valence-electron chi connectivity index (χ2n) is 6.26. The third kappa shape index (κ3) is 4.26. The van der Waals surface area contributed by atoms with Crippen molar-refractivity contribution < 1.29 is 23.8 Å². The summed E-state index contributed by atoms with van der Waals surface area (Å²) in [5, 5.41) is 12.1. The standard InChI is InChI=1S/C20H20FNO4/c21-15-7-5-14(6-8-15)17(20(24)25)12-22-19(23)11-18-16-4-2-1-3-13(16)9-10-26-18/h1-8,17-18H,9-12H2,(H,22,23)(H,24,25). The van der Waals surface area contributed by atoms with Crippen molar-refractivity contribution >= 4 is 11.9 Å². The highest BCUT2D eigenvalue weighted by molar-refractivity contribution is 5.80. The Balaban J connectivity index is 1.61. The number of aliphatic carboxylic acids is 1. The first-order chi connectivity index (χ1) is 12.5. The van der Waals surface area contributed by atoms with Crippen LogP contribution < -0.4 is 5.32 Å². The normalized spacial score (nSPS) is 17.2. The summed E-state index contributed by atoms with van der Waals surface area (Å²) in [7, 11) is 0. The molecule has 0 bridgehead atoms. The molecule has 136 valence electrons. The number of carboxylic acid groups (broad SMARTS) is 1. The number of hydrogen-bond acceptors (Lipinski definition) is 3. The molecule has 26 heavy (non-hydrogen) atoms. The number of carboxylic acids is 1. The third-order valence-electron chi connectivity index (χ3n) is 4.54. The van der Waals surface area contributed by atoms with Crippen LogP contribution in [-0.4, -0.2) is 30.1 Å². The van der Waals surface area contributed by atoms with E-state index < -0.39 is 17.7 Å². The Hall–Kier alpha value is -2.73. The molecular formula is C20H20FNO4. The van der Waals surface area contributed by atoms with Crippen molar-refractivity contribution in [2.75, 3.05) is 13.2 Å². The van der Waals surface area contributed by atoms with Gasteiger partial charge in [-0.2, -0.15) is 0 Å². The highest BCUT2D eigenvalue weighted by Gasteiger charge is 2.25. The van der Waals surface area contributed by atoms with Gasteiger partial charge >= 0.3 is 5.97 Å². The van der Waals surface area contributed by atoms with E-state index in [-0.39, 0.29) is 25.0 Å². The van der Waals surface area contributed by atoms with Crippen molar-refractivity contribution in [3.63, 3.8) is 0 Å². The lowest BCUT2D eigenvalue weighted by atomic mass is 9.95. The maximum absolute atomic E-state index is 13.0. The Morgan fingerprint density at radius 3 is 2.65 bits per heavy atom. The number of benzene rings is 2. The molecule has 0 radical (unpaired) electrons. The van der Waals surface area contributed by atoms with Crippen LogP contribution in [0.15, 0.2) is 48.5 Å². The Kier molecular flexibility index (Phi) is 5.63. The van der Waals surface area contributed by atoms with Gasteiger partial charge in [0, 0.05) is 6.54 Å².